The van der Waals surface area contributed by atoms with Gasteiger partial charge in [-0.25, -0.2) is 0 Å². The third-order valence-electron chi connectivity index (χ3n) is 3.86. The maximum Gasteiger partial charge on any atom is 0.306 e. The molecular weight excluding hydrogens is 358 g/mol. The number of hydrogen-bond donors (Lipinski definition) is 0. The van der Waals surface area contributed by atoms with E-state index in [1.165, 1.54) is 20.8 Å². The molecule has 0 radical (unpaired) electrons. The van der Waals surface area contributed by atoms with Crippen LogP contribution in [0.4, 0.5) is 0 Å². The minimum Gasteiger partial charge on any atom is -1.00 e. The average molecular weight is 374 g/mol. The van der Waals surface area contributed by atoms with Crippen LogP contribution >= 0.6 is 11.3 Å². The van der Waals surface area contributed by atoms with Gasteiger partial charge in [0.25, 0.3) is 0 Å². The van der Waals surface area contributed by atoms with Crippen LogP contribution < -0.4 is 26.3 Å². The predicted octanol–water partition coefficient (Wildman–Crippen LogP) is 1.41. The first-order valence-corrected chi connectivity index (χ1v) is 7.99. The van der Waals surface area contributed by atoms with E-state index in [4.69, 9.17) is 4.74 Å². The van der Waals surface area contributed by atoms with Crippen LogP contribution in [0.1, 0.15) is 18.4 Å². The lowest BCUT2D eigenvalue weighted by Crippen LogP contribution is -3.00. The number of thiazole rings is 1. The Morgan fingerprint density at radius 2 is 1.73 bits per heavy atom. The summed E-state index contributed by atoms with van der Waals surface area (Å²) in [5, 5.41) is 1.23. The van der Waals surface area contributed by atoms with Crippen LogP contribution in [-0.4, -0.2) is 0 Å². The molecular formula is C18H16BrNOS. The van der Waals surface area contributed by atoms with Gasteiger partial charge in [-0.1, -0.05) is 41.7 Å². The number of halogens is 1. The van der Waals surface area contributed by atoms with Crippen LogP contribution in [0.2, 0.25) is 0 Å². The third-order valence-corrected chi connectivity index (χ3v) is 5.03. The summed E-state index contributed by atoms with van der Waals surface area (Å²) in [6.07, 6.45) is 1.04. The molecule has 2 nitrogen and oxygen atoms in total. The first-order valence-electron chi connectivity index (χ1n) is 7.17. The van der Waals surface area contributed by atoms with Crippen molar-refractivity contribution in [2.24, 2.45) is 0 Å². The summed E-state index contributed by atoms with van der Waals surface area (Å²) in [7, 11) is 0. The highest BCUT2D eigenvalue weighted by molar-refractivity contribution is 7.19. The zero-order chi connectivity index (χ0) is 14.2. The number of allylic oxidation sites excluding steroid dienone is 1. The van der Waals surface area contributed by atoms with E-state index >= 15 is 0 Å². The van der Waals surface area contributed by atoms with Gasteiger partial charge in [0.2, 0.25) is 11.3 Å². The van der Waals surface area contributed by atoms with Crippen molar-refractivity contribution in [3.05, 3.63) is 65.2 Å². The number of nitrogens with zero attached hydrogens (tertiary/aromatic N) is 1. The molecule has 0 fully saturated rings. The fraction of sp³-hybridized carbons (Fsp3) is 0.167. The zero-order valence-corrected chi connectivity index (χ0v) is 14.7. The Kier molecular flexibility index (Phi) is 4.32. The second-order valence-corrected chi connectivity index (χ2v) is 6.33. The second-order valence-electron chi connectivity index (χ2n) is 5.30. The minimum atomic E-state index is 0. The van der Waals surface area contributed by atoms with Gasteiger partial charge >= 0.3 is 5.01 Å². The molecule has 0 saturated heterocycles. The number of ether oxygens (including phenoxy) is 1. The molecule has 22 heavy (non-hydrogen) atoms. The maximum absolute atomic E-state index is 6.19. The summed E-state index contributed by atoms with van der Waals surface area (Å²) < 4.78 is 9.89. The average Bonchev–Trinajstić information content (AvgIpc) is 2.90. The molecule has 1 aliphatic heterocycles. The molecule has 0 aliphatic carbocycles. The SMILES string of the molecule is CC1=C(Oc2ccccc2)c2sc3ccccc3[n+]2CC1.[Br-]. The summed E-state index contributed by atoms with van der Waals surface area (Å²) in [5.74, 6) is 1.92. The van der Waals surface area contributed by atoms with E-state index in [9.17, 15) is 0 Å². The molecule has 0 bridgehead atoms. The highest BCUT2D eigenvalue weighted by atomic mass is 79.9. The molecule has 0 N–H and O–H groups in total. The van der Waals surface area contributed by atoms with E-state index in [1.54, 1.807) is 0 Å². The van der Waals surface area contributed by atoms with Crippen LogP contribution in [0.3, 0.4) is 0 Å². The first-order chi connectivity index (χ1) is 10.3. The number of benzene rings is 2. The van der Waals surface area contributed by atoms with Crippen LogP contribution in [-0.2, 0) is 6.54 Å². The van der Waals surface area contributed by atoms with E-state index in [1.807, 2.05) is 41.7 Å². The van der Waals surface area contributed by atoms with E-state index in [2.05, 4.69) is 35.8 Å². The van der Waals surface area contributed by atoms with Crippen molar-refractivity contribution in [2.45, 2.75) is 19.9 Å². The highest BCUT2D eigenvalue weighted by Crippen LogP contribution is 2.33. The molecule has 4 heteroatoms. The molecule has 3 aromatic rings. The molecule has 0 amide bonds. The van der Waals surface area contributed by atoms with Gasteiger partial charge in [0.1, 0.15) is 10.4 Å². The smallest absolute Gasteiger partial charge is 0.306 e. The van der Waals surface area contributed by atoms with Gasteiger partial charge < -0.3 is 21.7 Å². The van der Waals surface area contributed by atoms with Crippen molar-refractivity contribution in [3.8, 4) is 5.75 Å². The second kappa shape index (κ2) is 6.23. The summed E-state index contributed by atoms with van der Waals surface area (Å²) in [4.78, 5) is 0. The van der Waals surface area contributed by atoms with Gasteiger partial charge in [-0.05, 0) is 30.7 Å². The Balaban J connectivity index is 0.00000144. The Labute approximate surface area is 144 Å². The van der Waals surface area contributed by atoms with Crippen molar-refractivity contribution >= 4 is 27.3 Å². The standard InChI is InChI=1S/C18H16NOS.BrH/c1-13-11-12-19-15-9-5-6-10-16(15)21-18(19)17(13)20-14-7-3-2-4-8-14;/h2-10H,11-12H2,1H3;1H/q+1;/p-1. The number of aryl methyl sites for hydroxylation is 1. The van der Waals surface area contributed by atoms with Crippen LogP contribution in [0, 0.1) is 0 Å². The van der Waals surface area contributed by atoms with Gasteiger partial charge in [0.05, 0.1) is 0 Å². The van der Waals surface area contributed by atoms with Crippen LogP contribution in [0.15, 0.2) is 60.2 Å². The van der Waals surface area contributed by atoms with E-state index in [0.717, 1.165) is 24.5 Å². The van der Waals surface area contributed by atoms with Gasteiger partial charge in [0.15, 0.2) is 6.54 Å². The lowest BCUT2D eigenvalue weighted by Gasteiger charge is -2.14. The number of aromatic nitrogens is 1. The topological polar surface area (TPSA) is 13.1 Å². The minimum absolute atomic E-state index is 0. The lowest BCUT2D eigenvalue weighted by atomic mass is 10.1. The van der Waals surface area contributed by atoms with Crippen molar-refractivity contribution < 1.29 is 26.3 Å². The number of rotatable bonds is 2. The van der Waals surface area contributed by atoms with Crippen LogP contribution in [0.25, 0.3) is 16.0 Å². The Morgan fingerprint density at radius 3 is 2.55 bits per heavy atom. The molecule has 4 rings (SSSR count). The Hall–Kier alpha value is -1.65. The third kappa shape index (κ3) is 2.57. The molecule has 0 atom stereocenters. The molecule has 2 heterocycles. The Bertz CT molecular complexity index is 839. The quantitative estimate of drug-likeness (QED) is 0.619. The van der Waals surface area contributed by atoms with Crippen molar-refractivity contribution in [1.29, 1.82) is 0 Å². The summed E-state index contributed by atoms with van der Waals surface area (Å²) in [6, 6.07) is 18.6. The molecule has 1 aromatic heterocycles. The summed E-state index contributed by atoms with van der Waals surface area (Å²) in [6.45, 7) is 3.21. The van der Waals surface area contributed by atoms with Gasteiger partial charge in [-0.2, -0.15) is 4.57 Å². The first kappa shape index (κ1) is 15.3. The molecule has 2 aromatic carbocycles. The molecule has 112 valence electrons. The van der Waals surface area contributed by atoms with Crippen molar-refractivity contribution in [3.63, 3.8) is 0 Å². The highest BCUT2D eigenvalue weighted by Gasteiger charge is 2.30. The van der Waals surface area contributed by atoms with Gasteiger partial charge in [-0.15, -0.1) is 0 Å². The largest absolute Gasteiger partial charge is 1.00 e. The monoisotopic (exact) mass is 373 g/mol. The molecule has 0 unspecified atom stereocenters. The number of hydrogen-bond acceptors (Lipinski definition) is 2. The van der Waals surface area contributed by atoms with Crippen molar-refractivity contribution in [1.82, 2.24) is 0 Å². The van der Waals surface area contributed by atoms with E-state index in [-0.39, 0.29) is 17.0 Å². The molecule has 0 saturated carbocycles. The van der Waals surface area contributed by atoms with Crippen molar-refractivity contribution in [2.75, 3.05) is 0 Å². The van der Waals surface area contributed by atoms with E-state index in [0.29, 0.717) is 0 Å². The van der Waals surface area contributed by atoms with Gasteiger partial charge in [-0.3, -0.25) is 0 Å². The number of para-hydroxylation sites is 2. The number of fused-ring (bicyclic) bond motifs is 3. The summed E-state index contributed by atoms with van der Waals surface area (Å²) in [5.41, 5.74) is 2.63. The fourth-order valence-corrected chi connectivity index (χ4v) is 3.98. The summed E-state index contributed by atoms with van der Waals surface area (Å²) >= 11 is 1.81. The predicted molar refractivity (Wildman–Crippen MR) is 86.3 cm³/mol. The van der Waals surface area contributed by atoms with Gasteiger partial charge in [0, 0.05) is 12.5 Å². The fourth-order valence-electron chi connectivity index (χ4n) is 2.74. The lowest BCUT2D eigenvalue weighted by molar-refractivity contribution is -0.671. The van der Waals surface area contributed by atoms with E-state index < -0.39 is 0 Å². The Morgan fingerprint density at radius 1 is 1.00 bits per heavy atom. The maximum atomic E-state index is 6.19. The normalized spacial score (nSPS) is 13.7. The zero-order valence-electron chi connectivity index (χ0n) is 12.3. The molecule has 1 aliphatic rings. The molecule has 0 spiro atoms. The van der Waals surface area contributed by atoms with Crippen LogP contribution in [0.5, 0.6) is 5.75 Å².